The SMILES string of the molecule is CCc1ccc(Oc2nc3cc(Cl)ccc3s2)cc1/C1=C(\O)C(C)[C@@H](C)CC[C@@H](C)CC1=O. The van der Waals surface area contributed by atoms with E-state index in [1.165, 1.54) is 11.3 Å². The van der Waals surface area contributed by atoms with Crippen LogP contribution in [0.1, 0.15) is 58.1 Å². The van der Waals surface area contributed by atoms with Crippen LogP contribution >= 0.6 is 22.9 Å². The van der Waals surface area contributed by atoms with Gasteiger partial charge in [-0.2, -0.15) is 0 Å². The van der Waals surface area contributed by atoms with Crippen LogP contribution in [-0.2, 0) is 11.2 Å². The number of hydrogen-bond donors (Lipinski definition) is 1. The number of aryl methyl sites for hydroxylation is 1. The van der Waals surface area contributed by atoms with Gasteiger partial charge < -0.3 is 9.84 Å². The first kappa shape index (κ1) is 23.8. The highest BCUT2D eigenvalue weighted by Gasteiger charge is 2.29. The van der Waals surface area contributed by atoms with E-state index in [4.69, 9.17) is 16.3 Å². The number of halogens is 1. The lowest BCUT2D eigenvalue weighted by Crippen LogP contribution is -2.15. The molecule has 0 fully saturated rings. The Labute approximate surface area is 204 Å². The number of allylic oxidation sites excluding steroid dienone is 2. The molecule has 4 nitrogen and oxygen atoms in total. The van der Waals surface area contributed by atoms with Crippen LogP contribution in [-0.4, -0.2) is 15.9 Å². The number of aromatic nitrogens is 1. The molecule has 174 valence electrons. The molecule has 1 unspecified atom stereocenters. The molecule has 0 saturated heterocycles. The number of rotatable bonds is 4. The second-order valence-corrected chi connectivity index (χ2v) is 10.6. The van der Waals surface area contributed by atoms with E-state index >= 15 is 0 Å². The minimum Gasteiger partial charge on any atom is -0.511 e. The van der Waals surface area contributed by atoms with Crippen molar-refractivity contribution in [1.29, 1.82) is 0 Å². The Morgan fingerprint density at radius 2 is 1.94 bits per heavy atom. The molecule has 1 aromatic heterocycles. The lowest BCUT2D eigenvalue weighted by Gasteiger charge is -2.21. The van der Waals surface area contributed by atoms with Gasteiger partial charge in [-0.3, -0.25) is 4.79 Å². The molecule has 4 rings (SSSR count). The number of benzene rings is 2. The van der Waals surface area contributed by atoms with Crippen LogP contribution in [0.5, 0.6) is 10.9 Å². The summed E-state index contributed by atoms with van der Waals surface area (Å²) in [5.41, 5.74) is 3.01. The van der Waals surface area contributed by atoms with Gasteiger partial charge in [0.05, 0.1) is 15.8 Å². The van der Waals surface area contributed by atoms with Crippen LogP contribution < -0.4 is 4.74 Å². The van der Waals surface area contributed by atoms with E-state index in [0.717, 1.165) is 40.6 Å². The number of thiazole rings is 1. The van der Waals surface area contributed by atoms with Crippen molar-refractivity contribution in [1.82, 2.24) is 4.98 Å². The molecule has 33 heavy (non-hydrogen) atoms. The van der Waals surface area contributed by atoms with E-state index in [2.05, 4.69) is 25.8 Å². The molecule has 6 heteroatoms. The van der Waals surface area contributed by atoms with E-state index < -0.39 is 0 Å². The Morgan fingerprint density at radius 1 is 1.15 bits per heavy atom. The lowest BCUT2D eigenvalue weighted by atomic mass is 9.85. The second-order valence-electron chi connectivity index (χ2n) is 9.20. The quantitative estimate of drug-likeness (QED) is 0.406. The molecule has 1 aliphatic carbocycles. The number of hydrogen-bond acceptors (Lipinski definition) is 5. The molecule has 1 aliphatic rings. The zero-order chi connectivity index (χ0) is 23.7. The molecular weight excluding hydrogens is 454 g/mol. The molecule has 0 saturated carbocycles. The largest absolute Gasteiger partial charge is 0.511 e. The highest BCUT2D eigenvalue weighted by molar-refractivity contribution is 7.20. The van der Waals surface area contributed by atoms with Gasteiger partial charge in [-0.05, 0) is 72.6 Å². The summed E-state index contributed by atoms with van der Waals surface area (Å²) in [6.07, 6.45) is 3.17. The van der Waals surface area contributed by atoms with Crippen molar-refractivity contribution < 1.29 is 14.6 Å². The normalized spacial score (nSPS) is 24.4. The summed E-state index contributed by atoms with van der Waals surface area (Å²) >= 11 is 7.53. The summed E-state index contributed by atoms with van der Waals surface area (Å²) in [7, 11) is 0. The highest BCUT2D eigenvalue weighted by Crippen LogP contribution is 2.38. The number of nitrogens with zero attached hydrogens (tertiary/aromatic N) is 1. The minimum absolute atomic E-state index is 0.00225. The van der Waals surface area contributed by atoms with Gasteiger partial charge in [0, 0.05) is 17.4 Å². The third-order valence-corrected chi connectivity index (χ3v) is 7.88. The minimum atomic E-state index is -0.0856. The van der Waals surface area contributed by atoms with E-state index in [1.54, 1.807) is 0 Å². The van der Waals surface area contributed by atoms with E-state index in [1.807, 2.05) is 43.3 Å². The molecule has 0 radical (unpaired) electrons. The van der Waals surface area contributed by atoms with Crippen LogP contribution in [0.4, 0.5) is 0 Å². The van der Waals surface area contributed by atoms with Gasteiger partial charge in [0.15, 0.2) is 5.78 Å². The van der Waals surface area contributed by atoms with Crippen molar-refractivity contribution in [3.63, 3.8) is 0 Å². The number of Topliss-reactive ketones (excluding diaryl/α,β-unsaturated/α-hetero) is 1. The number of carbonyl (C=O) groups is 1. The number of ether oxygens (including phenoxy) is 1. The monoisotopic (exact) mass is 483 g/mol. The van der Waals surface area contributed by atoms with Gasteiger partial charge in [0.2, 0.25) is 0 Å². The molecule has 1 N–H and O–H groups in total. The molecule has 0 aliphatic heterocycles. The molecule has 3 aromatic rings. The van der Waals surface area contributed by atoms with Crippen LogP contribution in [0.2, 0.25) is 5.02 Å². The van der Waals surface area contributed by atoms with Crippen molar-refractivity contribution in [2.45, 2.75) is 53.4 Å². The Balaban J connectivity index is 1.77. The molecule has 0 bridgehead atoms. The Hall–Kier alpha value is -2.37. The molecule has 3 atom stereocenters. The summed E-state index contributed by atoms with van der Waals surface area (Å²) in [4.78, 5) is 17.9. The Bertz CT molecular complexity index is 1220. The summed E-state index contributed by atoms with van der Waals surface area (Å²) in [5.74, 6) is 1.29. The fourth-order valence-electron chi connectivity index (χ4n) is 4.43. The lowest BCUT2D eigenvalue weighted by molar-refractivity contribution is -0.114. The maximum atomic E-state index is 13.4. The van der Waals surface area contributed by atoms with Crippen molar-refractivity contribution >= 4 is 44.5 Å². The van der Waals surface area contributed by atoms with E-state index in [0.29, 0.717) is 33.9 Å². The van der Waals surface area contributed by atoms with Gasteiger partial charge >= 0.3 is 0 Å². The molecule has 1 heterocycles. The number of aliphatic hydroxyl groups is 1. The molecule has 2 aromatic carbocycles. The van der Waals surface area contributed by atoms with Gasteiger partial charge in [0.25, 0.3) is 5.19 Å². The van der Waals surface area contributed by atoms with Crippen LogP contribution in [0, 0.1) is 17.8 Å². The van der Waals surface area contributed by atoms with Crippen molar-refractivity contribution in [3.8, 4) is 10.9 Å². The first-order chi connectivity index (χ1) is 15.8. The molecule has 0 amide bonds. The first-order valence-corrected chi connectivity index (χ1v) is 12.8. The summed E-state index contributed by atoms with van der Waals surface area (Å²) in [6.45, 7) is 8.35. The standard InChI is InChI=1S/C27H30ClNO3S/c1-5-18-8-10-20(32-27-29-22-13-19(28)9-11-24(22)33-27)14-21(18)25-23(30)12-15(2)6-7-16(3)17(4)26(25)31/h8-11,13-17,31H,5-7,12H2,1-4H3/b26-25+/t15-,16+,17?/m1/s1. The molecular formula is C27H30ClNO3S. The van der Waals surface area contributed by atoms with Gasteiger partial charge in [0.1, 0.15) is 11.5 Å². The average Bonchev–Trinajstić information content (AvgIpc) is 3.18. The van der Waals surface area contributed by atoms with Gasteiger partial charge in [-0.25, -0.2) is 4.98 Å². The fraction of sp³-hybridized carbons (Fsp3) is 0.407. The number of carbonyl (C=O) groups excluding carboxylic acids is 1. The van der Waals surface area contributed by atoms with Crippen LogP contribution in [0.25, 0.3) is 15.8 Å². The van der Waals surface area contributed by atoms with Crippen molar-refractivity contribution in [2.24, 2.45) is 17.8 Å². The number of fused-ring (bicyclic) bond motifs is 1. The second kappa shape index (κ2) is 9.86. The summed E-state index contributed by atoms with van der Waals surface area (Å²) < 4.78 is 7.09. The molecule has 0 spiro atoms. The van der Waals surface area contributed by atoms with Crippen LogP contribution in [0.3, 0.4) is 0 Å². The number of ketones is 1. The highest BCUT2D eigenvalue weighted by atomic mass is 35.5. The topological polar surface area (TPSA) is 59.4 Å². The van der Waals surface area contributed by atoms with Gasteiger partial charge in [-0.15, -0.1) is 0 Å². The Morgan fingerprint density at radius 3 is 2.70 bits per heavy atom. The maximum absolute atomic E-state index is 13.4. The Kier molecular flexibility index (Phi) is 7.10. The third kappa shape index (κ3) is 5.10. The van der Waals surface area contributed by atoms with E-state index in [9.17, 15) is 9.90 Å². The zero-order valence-corrected chi connectivity index (χ0v) is 21.1. The number of aliphatic hydroxyl groups excluding tert-OH is 1. The summed E-state index contributed by atoms with van der Waals surface area (Å²) in [6, 6.07) is 11.3. The zero-order valence-electron chi connectivity index (χ0n) is 19.5. The predicted octanol–water partition coefficient (Wildman–Crippen LogP) is 8.23. The fourth-order valence-corrected chi connectivity index (χ4v) is 5.41. The van der Waals surface area contributed by atoms with E-state index in [-0.39, 0.29) is 23.4 Å². The van der Waals surface area contributed by atoms with Crippen LogP contribution in [0.15, 0.2) is 42.2 Å². The summed E-state index contributed by atoms with van der Waals surface area (Å²) in [5, 5.41) is 12.4. The predicted molar refractivity (Wildman–Crippen MR) is 136 cm³/mol. The third-order valence-electron chi connectivity index (χ3n) is 6.74. The maximum Gasteiger partial charge on any atom is 0.279 e. The van der Waals surface area contributed by atoms with Crippen molar-refractivity contribution in [2.75, 3.05) is 0 Å². The average molecular weight is 484 g/mol. The van der Waals surface area contributed by atoms with Gasteiger partial charge in [-0.1, -0.05) is 56.7 Å². The first-order valence-electron chi connectivity index (χ1n) is 11.6. The smallest absolute Gasteiger partial charge is 0.279 e. The van der Waals surface area contributed by atoms with Crippen molar-refractivity contribution in [3.05, 3.63) is 58.3 Å².